The van der Waals surface area contributed by atoms with Gasteiger partial charge in [-0.3, -0.25) is 10.1 Å². The van der Waals surface area contributed by atoms with E-state index in [1.807, 2.05) is 32.3 Å². The van der Waals surface area contributed by atoms with E-state index in [2.05, 4.69) is 14.9 Å². The first-order chi connectivity index (χ1) is 12.0. The van der Waals surface area contributed by atoms with Gasteiger partial charge in [0.2, 0.25) is 0 Å². The van der Waals surface area contributed by atoms with Crippen molar-refractivity contribution < 1.29 is 4.92 Å². The minimum absolute atomic E-state index is 0.134. The van der Waals surface area contributed by atoms with Gasteiger partial charge < -0.3 is 4.90 Å². The summed E-state index contributed by atoms with van der Waals surface area (Å²) in [5.74, 6) is 0. The van der Waals surface area contributed by atoms with Crippen LogP contribution in [0, 0.1) is 10.1 Å². The summed E-state index contributed by atoms with van der Waals surface area (Å²) in [6, 6.07) is 8.88. The number of nitro groups is 1. The van der Waals surface area contributed by atoms with E-state index in [0.29, 0.717) is 0 Å². The van der Waals surface area contributed by atoms with Crippen LogP contribution in [0.15, 0.2) is 45.8 Å². The number of nitro benzene ring substituents is 1. The van der Waals surface area contributed by atoms with Crippen LogP contribution in [0.25, 0.3) is 10.3 Å². The third kappa shape index (κ3) is 4.53. The third-order valence-corrected chi connectivity index (χ3v) is 5.81. The van der Waals surface area contributed by atoms with Gasteiger partial charge in [0.1, 0.15) is 10.3 Å². The maximum absolute atomic E-state index is 11.1. The van der Waals surface area contributed by atoms with E-state index in [-0.39, 0.29) is 10.6 Å². The van der Waals surface area contributed by atoms with E-state index in [1.54, 1.807) is 30.1 Å². The Kier molecular flexibility index (Phi) is 5.62. The number of rotatable bonds is 7. The van der Waals surface area contributed by atoms with Gasteiger partial charge in [-0.15, -0.1) is 0 Å². The average molecular weight is 374 g/mol. The molecule has 1 aromatic carbocycles. The van der Waals surface area contributed by atoms with Gasteiger partial charge in [0.05, 0.1) is 4.92 Å². The number of aromatic nitrogens is 2. The van der Waals surface area contributed by atoms with E-state index in [4.69, 9.17) is 0 Å². The van der Waals surface area contributed by atoms with Gasteiger partial charge >= 0.3 is 0 Å². The maximum atomic E-state index is 11.1. The normalized spacial score (nSPS) is 11.3. The van der Waals surface area contributed by atoms with Gasteiger partial charge in [-0.2, -0.15) is 0 Å². The molecule has 0 saturated heterocycles. The highest BCUT2D eigenvalue weighted by Crippen LogP contribution is 2.36. The number of thiazole rings is 1. The summed E-state index contributed by atoms with van der Waals surface area (Å²) in [6.07, 6.45) is 3.50. The number of nitrogens with zero attached hydrogens (tertiary/aromatic N) is 4. The predicted molar refractivity (Wildman–Crippen MR) is 102 cm³/mol. The Balaban J connectivity index is 1.86. The molecule has 6 nitrogen and oxygen atoms in total. The fourth-order valence-electron chi connectivity index (χ4n) is 2.45. The molecule has 0 radical (unpaired) electrons. The van der Waals surface area contributed by atoms with Crippen LogP contribution in [0.4, 0.5) is 5.69 Å². The van der Waals surface area contributed by atoms with Crippen LogP contribution >= 0.6 is 23.1 Å². The zero-order valence-electron chi connectivity index (χ0n) is 14.0. The van der Waals surface area contributed by atoms with Crippen molar-refractivity contribution in [3.05, 3.63) is 52.2 Å². The molecule has 8 heteroatoms. The van der Waals surface area contributed by atoms with Crippen molar-refractivity contribution in [2.75, 3.05) is 20.6 Å². The van der Waals surface area contributed by atoms with Crippen LogP contribution in [0.2, 0.25) is 0 Å². The van der Waals surface area contributed by atoms with Crippen LogP contribution in [-0.4, -0.2) is 40.4 Å². The molecule has 0 atom stereocenters. The molecule has 3 aromatic rings. The highest BCUT2D eigenvalue weighted by Gasteiger charge is 2.14. The molecule has 0 spiro atoms. The molecule has 0 amide bonds. The quantitative estimate of drug-likeness (QED) is 0.455. The second-order valence-corrected chi connectivity index (χ2v) is 8.13. The molecule has 0 aliphatic heterocycles. The Morgan fingerprint density at radius 1 is 1.32 bits per heavy atom. The van der Waals surface area contributed by atoms with E-state index < -0.39 is 0 Å². The zero-order valence-corrected chi connectivity index (χ0v) is 15.6. The van der Waals surface area contributed by atoms with E-state index in [1.165, 1.54) is 11.3 Å². The van der Waals surface area contributed by atoms with Crippen molar-refractivity contribution in [2.45, 2.75) is 22.1 Å². The summed E-state index contributed by atoms with van der Waals surface area (Å²) in [4.78, 5) is 23.7. The average Bonchev–Trinajstić information content (AvgIpc) is 2.98. The number of non-ortho nitro benzene ring substituents is 1. The van der Waals surface area contributed by atoms with E-state index >= 15 is 0 Å². The van der Waals surface area contributed by atoms with Crippen molar-refractivity contribution in [1.82, 2.24) is 14.9 Å². The predicted octanol–water partition coefficient (Wildman–Crippen LogP) is 4.24. The Bertz CT molecular complexity index is 862. The van der Waals surface area contributed by atoms with Crippen molar-refractivity contribution in [2.24, 2.45) is 0 Å². The molecular weight excluding hydrogens is 356 g/mol. The van der Waals surface area contributed by atoms with Crippen LogP contribution in [0.5, 0.6) is 0 Å². The number of benzene rings is 1. The fraction of sp³-hybridized carbons (Fsp3) is 0.294. The molecule has 0 aliphatic carbocycles. The monoisotopic (exact) mass is 374 g/mol. The molecule has 0 saturated carbocycles. The molecular formula is C17H18N4O2S2. The van der Waals surface area contributed by atoms with E-state index in [0.717, 1.165) is 44.5 Å². The van der Waals surface area contributed by atoms with Crippen LogP contribution in [-0.2, 0) is 6.42 Å². The van der Waals surface area contributed by atoms with E-state index in [9.17, 15) is 10.1 Å². The summed E-state index contributed by atoms with van der Waals surface area (Å²) in [5.41, 5.74) is 2.01. The van der Waals surface area contributed by atoms with Gasteiger partial charge in [0, 0.05) is 23.2 Å². The van der Waals surface area contributed by atoms with Crippen LogP contribution < -0.4 is 0 Å². The Hall–Kier alpha value is -2.03. The largest absolute Gasteiger partial charge is 0.309 e. The lowest BCUT2D eigenvalue weighted by molar-refractivity contribution is -0.385. The molecule has 3 rings (SSSR count). The zero-order chi connectivity index (χ0) is 17.8. The minimum atomic E-state index is -0.342. The highest BCUT2D eigenvalue weighted by atomic mass is 32.2. The molecule has 2 heterocycles. The van der Waals surface area contributed by atoms with Gasteiger partial charge in [-0.25, -0.2) is 9.97 Å². The van der Waals surface area contributed by atoms with Crippen molar-refractivity contribution in [3.8, 4) is 0 Å². The number of aryl methyl sites for hydroxylation is 1. The van der Waals surface area contributed by atoms with Gasteiger partial charge in [0.15, 0.2) is 4.34 Å². The summed E-state index contributed by atoms with van der Waals surface area (Å²) in [6.45, 7) is 0.942. The van der Waals surface area contributed by atoms with Crippen LogP contribution in [0.3, 0.4) is 0 Å². The molecule has 25 heavy (non-hydrogen) atoms. The first kappa shape index (κ1) is 17.8. The fourth-order valence-corrected chi connectivity index (χ4v) is 4.52. The SMILES string of the molecule is CN(C)CCCc1cc([N+](=O)[O-])ccc1Sc1nc2cccnc2s1. The third-order valence-electron chi connectivity index (χ3n) is 3.65. The molecule has 0 N–H and O–H groups in total. The summed E-state index contributed by atoms with van der Waals surface area (Å²) in [7, 11) is 4.05. The van der Waals surface area contributed by atoms with Crippen LogP contribution in [0.1, 0.15) is 12.0 Å². The molecule has 0 bridgehead atoms. The number of hydrogen-bond acceptors (Lipinski definition) is 7. The lowest BCUT2D eigenvalue weighted by Gasteiger charge is -2.11. The lowest BCUT2D eigenvalue weighted by Crippen LogP contribution is -2.13. The minimum Gasteiger partial charge on any atom is -0.309 e. The Morgan fingerprint density at radius 3 is 2.88 bits per heavy atom. The first-order valence-corrected chi connectivity index (χ1v) is 9.47. The number of hydrogen-bond donors (Lipinski definition) is 0. The van der Waals surface area contributed by atoms with Gasteiger partial charge in [-0.1, -0.05) is 23.1 Å². The molecule has 0 unspecified atom stereocenters. The molecule has 0 fully saturated rings. The molecule has 0 aliphatic rings. The highest BCUT2D eigenvalue weighted by molar-refractivity contribution is 8.01. The van der Waals surface area contributed by atoms with Crippen molar-refractivity contribution >= 4 is 39.1 Å². The number of fused-ring (bicyclic) bond motifs is 1. The topological polar surface area (TPSA) is 72.2 Å². The molecule has 2 aromatic heterocycles. The standard InChI is InChI=1S/C17H18N4O2S2/c1-20(2)10-4-5-12-11-13(21(22)23)7-8-15(12)24-17-19-14-6-3-9-18-16(14)25-17/h3,6-9,11H,4-5,10H2,1-2H3. The first-order valence-electron chi connectivity index (χ1n) is 7.84. The number of pyridine rings is 1. The van der Waals surface area contributed by atoms with Crippen molar-refractivity contribution in [3.63, 3.8) is 0 Å². The maximum Gasteiger partial charge on any atom is 0.269 e. The second kappa shape index (κ2) is 7.90. The molecule has 130 valence electrons. The lowest BCUT2D eigenvalue weighted by atomic mass is 10.1. The smallest absolute Gasteiger partial charge is 0.269 e. The van der Waals surface area contributed by atoms with Gasteiger partial charge in [-0.05, 0) is 57.2 Å². The summed E-state index contributed by atoms with van der Waals surface area (Å²) < 4.78 is 0.899. The Labute approximate surface area is 154 Å². The summed E-state index contributed by atoms with van der Waals surface area (Å²) in [5, 5.41) is 11.1. The Morgan fingerprint density at radius 2 is 2.16 bits per heavy atom. The second-order valence-electron chi connectivity index (χ2n) is 5.87. The van der Waals surface area contributed by atoms with Gasteiger partial charge in [0.25, 0.3) is 5.69 Å². The van der Waals surface area contributed by atoms with Crippen molar-refractivity contribution in [1.29, 1.82) is 0 Å². The summed E-state index contributed by atoms with van der Waals surface area (Å²) >= 11 is 3.09.